The van der Waals surface area contributed by atoms with Crippen LogP contribution in [0.2, 0.25) is 0 Å². The SMILES string of the molecule is CCC[C@@H]1COCCN1C(=O)Nc1cccc(F)c1C. The van der Waals surface area contributed by atoms with E-state index in [1.165, 1.54) is 6.07 Å². The van der Waals surface area contributed by atoms with Crippen molar-refractivity contribution in [2.24, 2.45) is 0 Å². The molecule has 2 amide bonds. The number of halogens is 1. The molecule has 1 atom stereocenters. The summed E-state index contributed by atoms with van der Waals surface area (Å²) in [6.45, 7) is 5.44. The van der Waals surface area contributed by atoms with Crippen LogP contribution in [0.25, 0.3) is 0 Å². The van der Waals surface area contributed by atoms with Crippen molar-refractivity contribution in [2.45, 2.75) is 32.7 Å². The minimum absolute atomic E-state index is 0.0996. The third-order valence-electron chi connectivity index (χ3n) is 3.62. The van der Waals surface area contributed by atoms with Crippen molar-refractivity contribution in [1.29, 1.82) is 0 Å². The second-order valence-corrected chi connectivity index (χ2v) is 5.05. The van der Waals surface area contributed by atoms with Gasteiger partial charge in [-0.15, -0.1) is 0 Å². The summed E-state index contributed by atoms with van der Waals surface area (Å²) >= 11 is 0. The molecule has 1 saturated heterocycles. The number of benzene rings is 1. The molecule has 1 heterocycles. The maximum Gasteiger partial charge on any atom is 0.322 e. The normalized spacial score (nSPS) is 18.9. The fourth-order valence-corrected chi connectivity index (χ4v) is 2.42. The Kier molecular flexibility index (Phi) is 4.95. The first kappa shape index (κ1) is 14.8. The molecule has 1 aromatic carbocycles. The van der Waals surface area contributed by atoms with E-state index in [1.807, 2.05) is 0 Å². The molecule has 1 aromatic rings. The van der Waals surface area contributed by atoms with Crippen LogP contribution in [-0.2, 0) is 4.74 Å². The lowest BCUT2D eigenvalue weighted by atomic mass is 10.1. The van der Waals surface area contributed by atoms with E-state index in [-0.39, 0.29) is 17.9 Å². The third kappa shape index (κ3) is 3.28. The van der Waals surface area contributed by atoms with E-state index in [0.717, 1.165) is 12.8 Å². The smallest absolute Gasteiger partial charge is 0.322 e. The highest BCUT2D eigenvalue weighted by atomic mass is 19.1. The van der Waals surface area contributed by atoms with Gasteiger partial charge in [0.25, 0.3) is 0 Å². The summed E-state index contributed by atoms with van der Waals surface area (Å²) in [4.78, 5) is 14.1. The number of rotatable bonds is 3. The zero-order valence-corrected chi connectivity index (χ0v) is 12.0. The molecule has 5 heteroatoms. The molecule has 1 aliphatic heterocycles. The van der Waals surface area contributed by atoms with Crippen LogP contribution < -0.4 is 5.32 Å². The Morgan fingerprint density at radius 3 is 3.10 bits per heavy atom. The molecule has 2 rings (SSSR count). The number of urea groups is 1. The summed E-state index contributed by atoms with van der Waals surface area (Å²) in [7, 11) is 0. The summed E-state index contributed by atoms with van der Waals surface area (Å²) in [5.41, 5.74) is 0.984. The van der Waals surface area contributed by atoms with Crippen LogP contribution in [0.4, 0.5) is 14.9 Å². The Morgan fingerprint density at radius 1 is 1.55 bits per heavy atom. The fourth-order valence-electron chi connectivity index (χ4n) is 2.42. The van der Waals surface area contributed by atoms with E-state index in [2.05, 4.69) is 12.2 Å². The van der Waals surface area contributed by atoms with Gasteiger partial charge in [-0.05, 0) is 25.5 Å². The van der Waals surface area contributed by atoms with Gasteiger partial charge in [-0.1, -0.05) is 19.4 Å². The van der Waals surface area contributed by atoms with E-state index in [4.69, 9.17) is 4.74 Å². The highest BCUT2D eigenvalue weighted by Gasteiger charge is 2.26. The number of carbonyl (C=O) groups excluding carboxylic acids is 1. The molecule has 0 aromatic heterocycles. The average Bonchev–Trinajstić information content (AvgIpc) is 2.45. The first-order valence-electron chi connectivity index (χ1n) is 7.04. The Bertz CT molecular complexity index is 477. The van der Waals surface area contributed by atoms with Crippen LogP contribution in [0.3, 0.4) is 0 Å². The summed E-state index contributed by atoms with van der Waals surface area (Å²) in [5.74, 6) is -0.310. The van der Waals surface area contributed by atoms with Crippen molar-refractivity contribution in [1.82, 2.24) is 4.90 Å². The molecule has 0 unspecified atom stereocenters. The number of amides is 2. The van der Waals surface area contributed by atoms with Gasteiger partial charge in [-0.3, -0.25) is 0 Å². The van der Waals surface area contributed by atoms with E-state index >= 15 is 0 Å². The summed E-state index contributed by atoms with van der Waals surface area (Å²) in [5, 5.41) is 2.80. The van der Waals surface area contributed by atoms with Gasteiger partial charge in [0.1, 0.15) is 5.82 Å². The maximum atomic E-state index is 13.5. The summed E-state index contributed by atoms with van der Waals surface area (Å²) in [6.07, 6.45) is 1.91. The van der Waals surface area contributed by atoms with Gasteiger partial charge in [0.05, 0.1) is 19.3 Å². The number of hydrogen-bond acceptors (Lipinski definition) is 2. The molecule has 20 heavy (non-hydrogen) atoms. The Hall–Kier alpha value is -1.62. The van der Waals surface area contributed by atoms with Gasteiger partial charge >= 0.3 is 6.03 Å². The Labute approximate surface area is 118 Å². The molecule has 0 aliphatic carbocycles. The van der Waals surface area contributed by atoms with Crippen LogP contribution in [0.5, 0.6) is 0 Å². The van der Waals surface area contributed by atoms with Crippen LogP contribution in [0, 0.1) is 12.7 Å². The monoisotopic (exact) mass is 280 g/mol. The molecule has 0 spiro atoms. The largest absolute Gasteiger partial charge is 0.377 e. The first-order chi connectivity index (χ1) is 9.63. The number of nitrogens with zero attached hydrogens (tertiary/aromatic N) is 1. The molecule has 4 nitrogen and oxygen atoms in total. The second-order valence-electron chi connectivity index (χ2n) is 5.05. The molecular formula is C15H21FN2O2. The van der Waals surface area contributed by atoms with Crippen molar-refractivity contribution in [3.05, 3.63) is 29.6 Å². The number of carbonyl (C=O) groups is 1. The Balaban J connectivity index is 2.08. The van der Waals surface area contributed by atoms with Crippen molar-refractivity contribution in [2.75, 3.05) is 25.1 Å². The minimum atomic E-state index is -0.310. The van der Waals surface area contributed by atoms with Gasteiger partial charge in [0.15, 0.2) is 0 Å². The fraction of sp³-hybridized carbons (Fsp3) is 0.533. The van der Waals surface area contributed by atoms with E-state index < -0.39 is 0 Å². The van der Waals surface area contributed by atoms with E-state index in [1.54, 1.807) is 24.0 Å². The molecule has 1 fully saturated rings. The lowest BCUT2D eigenvalue weighted by Gasteiger charge is -2.35. The van der Waals surface area contributed by atoms with Gasteiger partial charge in [0, 0.05) is 17.8 Å². The average molecular weight is 280 g/mol. The van der Waals surface area contributed by atoms with Crippen molar-refractivity contribution < 1.29 is 13.9 Å². The van der Waals surface area contributed by atoms with Crippen LogP contribution in [0.1, 0.15) is 25.3 Å². The molecule has 0 bridgehead atoms. The highest BCUT2D eigenvalue weighted by Crippen LogP contribution is 2.19. The predicted octanol–water partition coefficient (Wildman–Crippen LogP) is 3.17. The zero-order valence-electron chi connectivity index (χ0n) is 12.0. The quantitative estimate of drug-likeness (QED) is 0.924. The van der Waals surface area contributed by atoms with Gasteiger partial charge < -0.3 is 15.0 Å². The lowest BCUT2D eigenvalue weighted by Crippen LogP contribution is -2.50. The minimum Gasteiger partial charge on any atom is -0.377 e. The molecular weight excluding hydrogens is 259 g/mol. The zero-order chi connectivity index (χ0) is 14.5. The van der Waals surface area contributed by atoms with Gasteiger partial charge in [-0.25, -0.2) is 9.18 Å². The number of morpholine rings is 1. The molecule has 0 saturated carbocycles. The molecule has 0 radical (unpaired) electrons. The van der Waals surface area contributed by atoms with Gasteiger partial charge in [-0.2, -0.15) is 0 Å². The lowest BCUT2D eigenvalue weighted by molar-refractivity contribution is 0.0124. The van der Waals surface area contributed by atoms with Crippen molar-refractivity contribution in [3.8, 4) is 0 Å². The first-order valence-corrected chi connectivity index (χ1v) is 7.04. The van der Waals surface area contributed by atoms with E-state index in [9.17, 15) is 9.18 Å². The van der Waals surface area contributed by atoms with Crippen LogP contribution in [0.15, 0.2) is 18.2 Å². The number of nitrogens with one attached hydrogen (secondary N) is 1. The number of anilines is 1. The molecule has 1 aliphatic rings. The molecule has 1 N–H and O–H groups in total. The number of ether oxygens (including phenoxy) is 1. The van der Waals surface area contributed by atoms with Crippen molar-refractivity contribution in [3.63, 3.8) is 0 Å². The summed E-state index contributed by atoms with van der Waals surface area (Å²) < 4.78 is 18.9. The second kappa shape index (κ2) is 6.70. The maximum absolute atomic E-state index is 13.5. The third-order valence-corrected chi connectivity index (χ3v) is 3.62. The van der Waals surface area contributed by atoms with E-state index in [0.29, 0.717) is 31.0 Å². The van der Waals surface area contributed by atoms with Gasteiger partial charge in [0.2, 0.25) is 0 Å². The van der Waals surface area contributed by atoms with Crippen LogP contribution >= 0.6 is 0 Å². The number of hydrogen-bond donors (Lipinski definition) is 1. The predicted molar refractivity (Wildman–Crippen MR) is 76.4 cm³/mol. The standard InChI is InChI=1S/C15H21FN2O2/c1-3-5-12-10-20-9-8-18(12)15(19)17-14-7-4-6-13(16)11(14)2/h4,6-7,12H,3,5,8-10H2,1-2H3,(H,17,19)/t12-/m1/s1. The molecule has 110 valence electrons. The van der Waals surface area contributed by atoms with Crippen molar-refractivity contribution >= 4 is 11.7 Å². The van der Waals surface area contributed by atoms with Crippen LogP contribution in [-0.4, -0.2) is 36.7 Å². The summed E-state index contributed by atoms with van der Waals surface area (Å²) in [6, 6.07) is 4.62. The highest BCUT2D eigenvalue weighted by molar-refractivity contribution is 5.90. The Morgan fingerprint density at radius 2 is 2.35 bits per heavy atom. The topological polar surface area (TPSA) is 41.6 Å².